The van der Waals surface area contributed by atoms with E-state index in [1.807, 2.05) is 36.4 Å². The van der Waals surface area contributed by atoms with E-state index in [4.69, 9.17) is 4.74 Å². The molecule has 0 saturated carbocycles. The summed E-state index contributed by atoms with van der Waals surface area (Å²) in [7, 11) is 0. The van der Waals surface area contributed by atoms with Gasteiger partial charge in [0.2, 0.25) is 0 Å². The van der Waals surface area contributed by atoms with Gasteiger partial charge in [-0.2, -0.15) is 0 Å². The van der Waals surface area contributed by atoms with Crippen LogP contribution >= 0.6 is 0 Å². The summed E-state index contributed by atoms with van der Waals surface area (Å²) in [4.78, 5) is 11.2. The number of hydrogen-bond donors (Lipinski definition) is 2. The molecule has 0 aliphatic heterocycles. The number of aliphatic hydroxyl groups excluding tert-OH is 1. The van der Waals surface area contributed by atoms with Crippen LogP contribution in [0.3, 0.4) is 0 Å². The molecule has 21 heavy (non-hydrogen) atoms. The molecule has 2 rings (SSSR count). The molecule has 0 aliphatic carbocycles. The number of aliphatic hydroxyl groups is 1. The lowest BCUT2D eigenvalue weighted by Crippen LogP contribution is -2.31. The van der Waals surface area contributed by atoms with Gasteiger partial charge in [0.25, 0.3) is 0 Å². The minimum absolute atomic E-state index is 0.0378. The molecule has 0 aromatic heterocycles. The SMILES string of the molecule is C[C@H](O)c1ccc2ccccc2c1OCC(C)(C)C(=O)O. The van der Waals surface area contributed by atoms with Gasteiger partial charge in [0.1, 0.15) is 12.4 Å². The van der Waals surface area contributed by atoms with Crippen molar-refractivity contribution in [3.63, 3.8) is 0 Å². The summed E-state index contributed by atoms with van der Waals surface area (Å²) in [5.41, 5.74) is -0.331. The number of rotatable bonds is 5. The average molecular weight is 288 g/mol. The molecule has 2 N–H and O–H groups in total. The molecule has 4 heteroatoms. The lowest BCUT2D eigenvalue weighted by Gasteiger charge is -2.22. The zero-order chi connectivity index (χ0) is 15.6. The number of aliphatic carboxylic acids is 1. The topological polar surface area (TPSA) is 66.8 Å². The number of hydrogen-bond acceptors (Lipinski definition) is 3. The summed E-state index contributed by atoms with van der Waals surface area (Å²) >= 11 is 0. The van der Waals surface area contributed by atoms with Gasteiger partial charge in [-0.05, 0) is 26.2 Å². The molecule has 4 nitrogen and oxygen atoms in total. The first kappa shape index (κ1) is 15.3. The minimum atomic E-state index is -0.993. The van der Waals surface area contributed by atoms with Crippen molar-refractivity contribution in [2.75, 3.05) is 6.61 Å². The van der Waals surface area contributed by atoms with Crippen LogP contribution in [0.4, 0.5) is 0 Å². The third-order valence-electron chi connectivity index (χ3n) is 3.52. The molecule has 2 aromatic carbocycles. The van der Waals surface area contributed by atoms with Gasteiger partial charge in [-0.15, -0.1) is 0 Å². The lowest BCUT2D eigenvalue weighted by atomic mass is 9.95. The van der Waals surface area contributed by atoms with Crippen LogP contribution in [0.25, 0.3) is 10.8 Å². The van der Waals surface area contributed by atoms with Gasteiger partial charge in [0.05, 0.1) is 11.5 Å². The van der Waals surface area contributed by atoms with Crippen molar-refractivity contribution in [3.05, 3.63) is 42.0 Å². The molecule has 0 fully saturated rings. The Balaban J connectivity index is 2.45. The molecule has 0 heterocycles. The van der Waals surface area contributed by atoms with E-state index >= 15 is 0 Å². The van der Waals surface area contributed by atoms with Gasteiger partial charge < -0.3 is 14.9 Å². The van der Waals surface area contributed by atoms with Crippen LogP contribution in [0.15, 0.2) is 36.4 Å². The average Bonchev–Trinajstić information content (AvgIpc) is 2.44. The Bertz CT molecular complexity index is 659. The Kier molecular flexibility index (Phi) is 4.19. The van der Waals surface area contributed by atoms with Crippen molar-refractivity contribution in [1.29, 1.82) is 0 Å². The van der Waals surface area contributed by atoms with E-state index in [9.17, 15) is 15.0 Å². The van der Waals surface area contributed by atoms with E-state index in [0.29, 0.717) is 11.3 Å². The van der Waals surface area contributed by atoms with Crippen LogP contribution < -0.4 is 4.74 Å². The first-order valence-corrected chi connectivity index (χ1v) is 6.89. The molecule has 0 aliphatic rings. The summed E-state index contributed by atoms with van der Waals surface area (Å²) in [6.07, 6.45) is -0.683. The summed E-state index contributed by atoms with van der Waals surface area (Å²) in [5, 5.41) is 21.0. The molecule has 0 amide bonds. The highest BCUT2D eigenvalue weighted by atomic mass is 16.5. The monoisotopic (exact) mass is 288 g/mol. The third-order valence-corrected chi connectivity index (χ3v) is 3.52. The fourth-order valence-electron chi connectivity index (χ4n) is 2.06. The normalized spacial score (nSPS) is 13.1. The maximum atomic E-state index is 11.2. The van der Waals surface area contributed by atoms with E-state index in [0.717, 1.165) is 10.8 Å². The van der Waals surface area contributed by atoms with Crippen LogP contribution in [0.1, 0.15) is 32.4 Å². The fourth-order valence-corrected chi connectivity index (χ4v) is 2.06. The van der Waals surface area contributed by atoms with E-state index in [1.54, 1.807) is 20.8 Å². The van der Waals surface area contributed by atoms with E-state index in [2.05, 4.69) is 0 Å². The van der Waals surface area contributed by atoms with Crippen molar-refractivity contribution < 1.29 is 19.7 Å². The van der Waals surface area contributed by atoms with Gasteiger partial charge in [-0.1, -0.05) is 36.4 Å². The largest absolute Gasteiger partial charge is 0.491 e. The zero-order valence-electron chi connectivity index (χ0n) is 12.5. The van der Waals surface area contributed by atoms with Crippen LogP contribution in [0.2, 0.25) is 0 Å². The maximum Gasteiger partial charge on any atom is 0.312 e. The highest BCUT2D eigenvalue weighted by Crippen LogP contribution is 2.34. The van der Waals surface area contributed by atoms with Gasteiger partial charge in [0.15, 0.2) is 0 Å². The molecule has 1 atom stereocenters. The summed E-state index contributed by atoms with van der Waals surface area (Å²) in [6, 6.07) is 11.4. The first-order chi connectivity index (χ1) is 9.83. The van der Waals surface area contributed by atoms with Gasteiger partial charge in [0, 0.05) is 10.9 Å². The zero-order valence-corrected chi connectivity index (χ0v) is 12.5. The Morgan fingerprint density at radius 1 is 1.24 bits per heavy atom. The molecular weight excluding hydrogens is 268 g/mol. The van der Waals surface area contributed by atoms with Crippen molar-refractivity contribution in [3.8, 4) is 5.75 Å². The van der Waals surface area contributed by atoms with Crippen molar-refractivity contribution in [2.24, 2.45) is 5.41 Å². The Morgan fingerprint density at radius 3 is 2.52 bits per heavy atom. The Hall–Kier alpha value is -2.07. The Labute approximate surface area is 124 Å². The summed E-state index contributed by atoms with van der Waals surface area (Å²) in [6.45, 7) is 4.93. The Morgan fingerprint density at radius 2 is 1.90 bits per heavy atom. The number of benzene rings is 2. The molecule has 112 valence electrons. The van der Waals surface area contributed by atoms with Crippen molar-refractivity contribution >= 4 is 16.7 Å². The quantitative estimate of drug-likeness (QED) is 0.885. The van der Waals surface area contributed by atoms with Crippen LogP contribution in [0.5, 0.6) is 5.75 Å². The van der Waals surface area contributed by atoms with Crippen LogP contribution in [0, 0.1) is 5.41 Å². The second-order valence-electron chi connectivity index (χ2n) is 5.86. The van der Waals surface area contributed by atoms with E-state index in [-0.39, 0.29) is 6.61 Å². The van der Waals surface area contributed by atoms with Gasteiger partial charge >= 0.3 is 5.97 Å². The predicted octanol–water partition coefficient (Wildman–Crippen LogP) is 3.38. The fraction of sp³-hybridized carbons (Fsp3) is 0.353. The molecule has 0 unspecified atom stereocenters. The summed E-state index contributed by atoms with van der Waals surface area (Å²) < 4.78 is 5.80. The molecule has 0 saturated heterocycles. The number of fused-ring (bicyclic) bond motifs is 1. The van der Waals surface area contributed by atoms with Crippen molar-refractivity contribution in [1.82, 2.24) is 0 Å². The second kappa shape index (κ2) is 5.74. The van der Waals surface area contributed by atoms with E-state index < -0.39 is 17.5 Å². The van der Waals surface area contributed by atoms with Crippen molar-refractivity contribution in [2.45, 2.75) is 26.9 Å². The molecule has 0 bridgehead atoms. The van der Waals surface area contributed by atoms with E-state index in [1.165, 1.54) is 0 Å². The predicted molar refractivity (Wildman–Crippen MR) is 81.5 cm³/mol. The van der Waals surface area contributed by atoms with Gasteiger partial charge in [-0.3, -0.25) is 4.79 Å². The highest BCUT2D eigenvalue weighted by Gasteiger charge is 2.29. The molecular formula is C17H20O4. The molecule has 0 spiro atoms. The van der Waals surface area contributed by atoms with Crippen LogP contribution in [-0.4, -0.2) is 22.8 Å². The molecule has 2 aromatic rings. The van der Waals surface area contributed by atoms with Crippen LogP contribution in [-0.2, 0) is 4.79 Å². The second-order valence-corrected chi connectivity index (χ2v) is 5.86. The lowest BCUT2D eigenvalue weighted by molar-refractivity contribution is -0.148. The number of carboxylic acid groups (broad SMARTS) is 1. The first-order valence-electron chi connectivity index (χ1n) is 6.89. The summed E-state index contributed by atoms with van der Waals surface area (Å²) in [5.74, 6) is -0.362. The number of carbonyl (C=O) groups is 1. The standard InChI is InChI=1S/C17H20O4/c1-11(18)13-9-8-12-6-4-5-7-14(12)15(13)21-10-17(2,3)16(19)20/h4-9,11,18H,10H2,1-3H3,(H,19,20)/t11-/m0/s1. The number of ether oxygens (including phenoxy) is 1. The minimum Gasteiger partial charge on any atom is -0.491 e. The number of carboxylic acids is 1. The third kappa shape index (κ3) is 3.16. The smallest absolute Gasteiger partial charge is 0.312 e. The maximum absolute atomic E-state index is 11.2. The van der Waals surface area contributed by atoms with Gasteiger partial charge in [-0.25, -0.2) is 0 Å². The highest BCUT2D eigenvalue weighted by molar-refractivity contribution is 5.89. The molecule has 0 radical (unpaired) electrons.